The monoisotopic (exact) mass is 363 g/mol. The van der Waals surface area contributed by atoms with Crippen molar-refractivity contribution in [1.82, 2.24) is 24.4 Å². The highest BCUT2D eigenvalue weighted by Crippen LogP contribution is 2.42. The van der Waals surface area contributed by atoms with E-state index < -0.39 is 0 Å². The molecule has 0 bridgehead atoms. The number of hydrogen-bond donors (Lipinski definition) is 0. The average Bonchev–Trinajstić information content (AvgIpc) is 3.17. The van der Waals surface area contributed by atoms with Crippen LogP contribution in [0.3, 0.4) is 0 Å². The van der Waals surface area contributed by atoms with Gasteiger partial charge in [-0.3, -0.25) is 4.57 Å². The van der Waals surface area contributed by atoms with Crippen molar-refractivity contribution >= 4 is 34.9 Å². The third kappa shape index (κ3) is 3.13. The summed E-state index contributed by atoms with van der Waals surface area (Å²) in [6.45, 7) is 1.96. The average molecular weight is 364 g/mol. The Morgan fingerprint density at radius 3 is 2.65 bits per heavy atom. The van der Waals surface area contributed by atoms with Crippen LogP contribution in [0.1, 0.15) is 30.1 Å². The molecule has 23 heavy (non-hydrogen) atoms. The maximum Gasteiger partial charge on any atom is 0.192 e. The minimum atomic E-state index is 0.509. The molecule has 8 heteroatoms. The highest BCUT2D eigenvalue weighted by Gasteiger charge is 2.31. The number of aromatic nitrogens is 5. The molecule has 0 saturated heterocycles. The van der Waals surface area contributed by atoms with E-state index in [0.29, 0.717) is 6.04 Å². The fourth-order valence-corrected chi connectivity index (χ4v) is 4.08. The van der Waals surface area contributed by atoms with Crippen LogP contribution < -0.4 is 0 Å². The number of rotatable bonds is 5. The van der Waals surface area contributed by atoms with Crippen LogP contribution in [0, 0.1) is 6.92 Å². The third-order valence-electron chi connectivity index (χ3n) is 3.71. The Hall–Kier alpha value is -1.44. The van der Waals surface area contributed by atoms with Crippen molar-refractivity contribution in [2.75, 3.05) is 0 Å². The van der Waals surface area contributed by atoms with Crippen molar-refractivity contribution in [2.45, 2.75) is 36.7 Å². The molecule has 1 aromatic carbocycles. The van der Waals surface area contributed by atoms with Gasteiger partial charge in [-0.05, 0) is 49.0 Å². The van der Waals surface area contributed by atoms with E-state index >= 15 is 0 Å². The topological polar surface area (TPSA) is 56.5 Å². The first-order valence-electron chi connectivity index (χ1n) is 7.34. The van der Waals surface area contributed by atoms with Crippen molar-refractivity contribution in [3.05, 3.63) is 40.5 Å². The van der Waals surface area contributed by atoms with E-state index in [9.17, 15) is 0 Å². The van der Waals surface area contributed by atoms with Gasteiger partial charge in [0.05, 0.1) is 5.69 Å². The molecule has 4 rings (SSSR count). The van der Waals surface area contributed by atoms with E-state index in [4.69, 9.17) is 11.6 Å². The molecular weight excluding hydrogens is 350 g/mol. The minimum absolute atomic E-state index is 0.509. The summed E-state index contributed by atoms with van der Waals surface area (Å²) in [4.78, 5) is 1.02. The molecule has 1 aliphatic rings. The summed E-state index contributed by atoms with van der Waals surface area (Å²) in [5, 5.41) is 14.6. The Morgan fingerprint density at radius 2 is 2.00 bits per heavy atom. The lowest BCUT2D eigenvalue weighted by Crippen LogP contribution is -1.99. The van der Waals surface area contributed by atoms with Crippen LogP contribution in [0.2, 0.25) is 5.02 Å². The third-order valence-corrected chi connectivity index (χ3v) is 5.80. The summed E-state index contributed by atoms with van der Waals surface area (Å²) in [6.07, 6.45) is 2.37. The second kappa shape index (κ2) is 6.22. The van der Waals surface area contributed by atoms with Crippen LogP contribution >= 0.6 is 34.9 Å². The van der Waals surface area contributed by atoms with Gasteiger partial charge in [0.2, 0.25) is 0 Å². The SMILES string of the molecule is Cc1nnsc1-c1nnc(SCc2ccc(Cl)cc2)n1C1CC1. The first kappa shape index (κ1) is 15.1. The smallest absolute Gasteiger partial charge is 0.192 e. The van der Waals surface area contributed by atoms with Gasteiger partial charge in [-0.1, -0.05) is 40.0 Å². The fraction of sp³-hybridized carbons (Fsp3) is 0.333. The predicted molar refractivity (Wildman–Crippen MR) is 92.9 cm³/mol. The molecule has 0 atom stereocenters. The molecule has 1 saturated carbocycles. The normalized spacial score (nSPS) is 14.3. The highest BCUT2D eigenvalue weighted by molar-refractivity contribution is 7.98. The molecular formula is C15H14ClN5S2. The van der Waals surface area contributed by atoms with E-state index in [1.807, 2.05) is 31.2 Å². The number of aryl methyl sites for hydroxylation is 1. The zero-order valence-corrected chi connectivity index (χ0v) is 14.8. The first-order valence-corrected chi connectivity index (χ1v) is 9.47. The molecule has 3 aromatic rings. The van der Waals surface area contributed by atoms with E-state index in [0.717, 1.165) is 32.3 Å². The van der Waals surface area contributed by atoms with Gasteiger partial charge in [-0.25, -0.2) is 0 Å². The quantitative estimate of drug-likeness (QED) is 0.629. The largest absolute Gasteiger partial charge is 0.298 e. The second-order valence-electron chi connectivity index (χ2n) is 5.51. The molecule has 0 unspecified atom stereocenters. The van der Waals surface area contributed by atoms with Crippen molar-refractivity contribution in [3.8, 4) is 10.7 Å². The summed E-state index contributed by atoms with van der Waals surface area (Å²) >= 11 is 9.03. The molecule has 1 fully saturated rings. The Kier molecular flexibility index (Phi) is 4.09. The van der Waals surface area contributed by atoms with Gasteiger partial charge in [-0.15, -0.1) is 15.3 Å². The van der Waals surface area contributed by atoms with Crippen molar-refractivity contribution in [3.63, 3.8) is 0 Å². The predicted octanol–water partition coefficient (Wildman–Crippen LogP) is 4.39. The maximum absolute atomic E-state index is 5.94. The molecule has 5 nitrogen and oxygen atoms in total. The van der Waals surface area contributed by atoms with E-state index in [1.54, 1.807) is 11.8 Å². The van der Waals surface area contributed by atoms with Crippen LogP contribution in [-0.4, -0.2) is 24.4 Å². The Bertz CT molecular complexity index is 823. The summed E-state index contributed by atoms with van der Waals surface area (Å²) < 4.78 is 6.27. The van der Waals surface area contributed by atoms with Crippen molar-refractivity contribution in [1.29, 1.82) is 0 Å². The lowest BCUT2D eigenvalue weighted by Gasteiger charge is -2.07. The van der Waals surface area contributed by atoms with E-state index in [-0.39, 0.29) is 0 Å². The molecule has 118 valence electrons. The van der Waals surface area contributed by atoms with Gasteiger partial charge < -0.3 is 0 Å². The molecule has 0 N–H and O–H groups in total. The molecule has 1 aliphatic carbocycles. The number of benzene rings is 1. The molecule has 0 amide bonds. The van der Waals surface area contributed by atoms with Gasteiger partial charge >= 0.3 is 0 Å². The second-order valence-corrected chi connectivity index (χ2v) is 7.64. The lowest BCUT2D eigenvalue weighted by molar-refractivity contribution is 0.669. The van der Waals surface area contributed by atoms with Crippen LogP contribution in [0.15, 0.2) is 29.4 Å². The van der Waals surface area contributed by atoms with Gasteiger partial charge in [0, 0.05) is 16.8 Å². The van der Waals surface area contributed by atoms with Crippen LogP contribution in [-0.2, 0) is 5.75 Å². The van der Waals surface area contributed by atoms with E-state index in [1.165, 1.54) is 29.9 Å². The fourth-order valence-electron chi connectivity index (χ4n) is 2.36. The lowest BCUT2D eigenvalue weighted by atomic mass is 10.2. The first-order chi connectivity index (χ1) is 11.2. The van der Waals surface area contributed by atoms with E-state index in [2.05, 4.69) is 24.4 Å². The minimum Gasteiger partial charge on any atom is -0.298 e. The van der Waals surface area contributed by atoms with Gasteiger partial charge in [0.1, 0.15) is 4.88 Å². The molecule has 2 heterocycles. The molecule has 0 spiro atoms. The summed E-state index contributed by atoms with van der Waals surface area (Å²) in [6, 6.07) is 8.44. The Labute approximate surface area is 147 Å². The number of halogens is 1. The zero-order chi connectivity index (χ0) is 15.8. The van der Waals surface area contributed by atoms with Gasteiger partial charge in [0.25, 0.3) is 0 Å². The molecule has 0 aliphatic heterocycles. The van der Waals surface area contributed by atoms with Crippen molar-refractivity contribution in [2.24, 2.45) is 0 Å². The highest BCUT2D eigenvalue weighted by atomic mass is 35.5. The van der Waals surface area contributed by atoms with Crippen molar-refractivity contribution < 1.29 is 0 Å². The summed E-state index contributed by atoms with van der Waals surface area (Å²) in [5.74, 6) is 1.75. The summed E-state index contributed by atoms with van der Waals surface area (Å²) in [7, 11) is 0. The number of hydrogen-bond acceptors (Lipinski definition) is 6. The van der Waals surface area contributed by atoms with Crippen LogP contribution in [0.5, 0.6) is 0 Å². The molecule has 0 radical (unpaired) electrons. The summed E-state index contributed by atoms with van der Waals surface area (Å²) in [5.41, 5.74) is 2.14. The molecule has 2 aromatic heterocycles. The van der Waals surface area contributed by atoms with Crippen LogP contribution in [0.4, 0.5) is 0 Å². The standard InChI is InChI=1S/C15H14ClN5S2/c1-9-13(23-20-17-9)14-18-19-15(21(14)12-6-7-12)22-8-10-2-4-11(16)5-3-10/h2-5,12H,6-8H2,1H3. The number of thioether (sulfide) groups is 1. The van der Waals surface area contributed by atoms with Gasteiger partial charge in [0.15, 0.2) is 11.0 Å². The van der Waals surface area contributed by atoms with Gasteiger partial charge in [-0.2, -0.15) is 0 Å². The zero-order valence-electron chi connectivity index (χ0n) is 12.4. The number of nitrogens with zero attached hydrogens (tertiary/aromatic N) is 5. The Balaban J connectivity index is 1.60. The van der Waals surface area contributed by atoms with Crippen LogP contribution in [0.25, 0.3) is 10.7 Å². The maximum atomic E-state index is 5.94. The Morgan fingerprint density at radius 1 is 1.22 bits per heavy atom.